The number of benzene rings is 1. The van der Waals surface area contributed by atoms with Crippen molar-refractivity contribution in [2.45, 2.75) is 58.4 Å². The molecule has 0 saturated heterocycles. The Kier molecular flexibility index (Phi) is 5.99. The van der Waals surface area contributed by atoms with Crippen LogP contribution < -0.4 is 5.32 Å². The second-order valence-corrected chi connectivity index (χ2v) is 6.21. The first kappa shape index (κ1) is 16.5. The normalized spacial score (nSPS) is 15.9. The van der Waals surface area contributed by atoms with Crippen LogP contribution in [-0.2, 0) is 9.59 Å². The van der Waals surface area contributed by atoms with Crippen molar-refractivity contribution >= 4 is 17.5 Å². The molecule has 0 aromatic heterocycles. The van der Waals surface area contributed by atoms with Gasteiger partial charge in [0.1, 0.15) is 6.54 Å². The van der Waals surface area contributed by atoms with Crippen molar-refractivity contribution in [2.75, 3.05) is 11.9 Å². The molecule has 0 aliphatic heterocycles. The molecule has 2 rings (SSSR count). The van der Waals surface area contributed by atoms with E-state index in [1.807, 2.05) is 31.2 Å². The molecule has 4 nitrogen and oxygen atoms in total. The van der Waals surface area contributed by atoms with Gasteiger partial charge in [0.2, 0.25) is 11.8 Å². The maximum Gasteiger partial charge on any atom is 0.244 e. The topological polar surface area (TPSA) is 49.4 Å². The summed E-state index contributed by atoms with van der Waals surface area (Å²) in [7, 11) is 0. The van der Waals surface area contributed by atoms with Crippen LogP contribution in [0.15, 0.2) is 24.3 Å². The quantitative estimate of drug-likeness (QED) is 0.865. The van der Waals surface area contributed by atoms with Crippen molar-refractivity contribution in [1.29, 1.82) is 0 Å². The summed E-state index contributed by atoms with van der Waals surface area (Å²) < 4.78 is 0. The van der Waals surface area contributed by atoms with Crippen LogP contribution in [0.5, 0.6) is 0 Å². The number of amides is 2. The van der Waals surface area contributed by atoms with Gasteiger partial charge in [-0.3, -0.25) is 9.59 Å². The number of hydrogen-bond donors (Lipinski definition) is 1. The summed E-state index contributed by atoms with van der Waals surface area (Å²) in [5.74, 6) is -0.130. The van der Waals surface area contributed by atoms with Crippen LogP contribution in [-0.4, -0.2) is 29.3 Å². The standard InChI is InChI=1S/C18H26N2O2/c1-14-9-11-16(12-10-14)19-18(22)13-20(15(2)21)17-7-5-3-4-6-8-17/h9-12,17H,3-8,13H2,1-2H3,(H,19,22). The average molecular weight is 302 g/mol. The Morgan fingerprint density at radius 3 is 2.23 bits per heavy atom. The summed E-state index contributed by atoms with van der Waals surface area (Å²) in [5.41, 5.74) is 1.93. The first-order chi connectivity index (χ1) is 10.6. The summed E-state index contributed by atoms with van der Waals surface area (Å²) in [6.45, 7) is 3.72. The summed E-state index contributed by atoms with van der Waals surface area (Å²) in [4.78, 5) is 25.9. The van der Waals surface area contributed by atoms with Gasteiger partial charge in [0.05, 0.1) is 0 Å². The Bertz CT molecular complexity index is 502. The van der Waals surface area contributed by atoms with E-state index in [-0.39, 0.29) is 24.4 Å². The van der Waals surface area contributed by atoms with Gasteiger partial charge < -0.3 is 10.2 Å². The van der Waals surface area contributed by atoms with Gasteiger partial charge in [-0.2, -0.15) is 0 Å². The molecule has 2 amide bonds. The van der Waals surface area contributed by atoms with E-state index in [9.17, 15) is 9.59 Å². The van der Waals surface area contributed by atoms with Gasteiger partial charge in [0, 0.05) is 18.7 Å². The molecule has 0 heterocycles. The molecule has 1 aliphatic rings. The van der Waals surface area contributed by atoms with Gasteiger partial charge in [-0.1, -0.05) is 43.4 Å². The average Bonchev–Trinajstić information content (AvgIpc) is 2.76. The number of hydrogen-bond acceptors (Lipinski definition) is 2. The third-order valence-corrected chi connectivity index (χ3v) is 4.32. The molecule has 0 unspecified atom stereocenters. The molecule has 1 aromatic carbocycles. The molecular weight excluding hydrogens is 276 g/mol. The van der Waals surface area contributed by atoms with E-state index >= 15 is 0 Å². The highest BCUT2D eigenvalue weighted by Crippen LogP contribution is 2.22. The van der Waals surface area contributed by atoms with Crippen molar-refractivity contribution in [3.8, 4) is 0 Å². The zero-order chi connectivity index (χ0) is 15.9. The third kappa shape index (κ3) is 4.86. The van der Waals surface area contributed by atoms with Crippen LogP contribution >= 0.6 is 0 Å². The van der Waals surface area contributed by atoms with Crippen LogP contribution in [0.1, 0.15) is 51.0 Å². The van der Waals surface area contributed by atoms with Gasteiger partial charge in [0.25, 0.3) is 0 Å². The molecule has 4 heteroatoms. The molecular formula is C18H26N2O2. The van der Waals surface area contributed by atoms with Gasteiger partial charge in [-0.25, -0.2) is 0 Å². The molecule has 1 fully saturated rings. The summed E-state index contributed by atoms with van der Waals surface area (Å²) in [6.07, 6.45) is 6.78. The fourth-order valence-electron chi connectivity index (χ4n) is 3.06. The van der Waals surface area contributed by atoms with Crippen molar-refractivity contribution in [3.05, 3.63) is 29.8 Å². The van der Waals surface area contributed by atoms with E-state index in [0.29, 0.717) is 0 Å². The lowest BCUT2D eigenvalue weighted by atomic mass is 10.1. The molecule has 1 saturated carbocycles. The monoisotopic (exact) mass is 302 g/mol. The number of nitrogens with zero attached hydrogens (tertiary/aromatic N) is 1. The minimum atomic E-state index is -0.122. The van der Waals surface area contributed by atoms with E-state index in [4.69, 9.17) is 0 Å². The van der Waals surface area contributed by atoms with Gasteiger partial charge >= 0.3 is 0 Å². The van der Waals surface area contributed by atoms with Crippen LogP contribution in [0.25, 0.3) is 0 Å². The van der Waals surface area contributed by atoms with Crippen LogP contribution in [0.3, 0.4) is 0 Å². The number of anilines is 1. The third-order valence-electron chi connectivity index (χ3n) is 4.32. The molecule has 1 N–H and O–H groups in total. The zero-order valence-corrected chi connectivity index (χ0v) is 13.6. The number of carbonyl (C=O) groups excluding carboxylic acids is 2. The lowest BCUT2D eigenvalue weighted by Crippen LogP contribution is -2.43. The minimum absolute atomic E-state index is 0.00837. The van der Waals surface area contributed by atoms with Crippen molar-refractivity contribution < 1.29 is 9.59 Å². The van der Waals surface area contributed by atoms with Crippen LogP contribution in [0, 0.1) is 6.92 Å². The molecule has 0 radical (unpaired) electrons. The summed E-state index contributed by atoms with van der Waals surface area (Å²) in [6, 6.07) is 7.91. The smallest absolute Gasteiger partial charge is 0.244 e. The van der Waals surface area contributed by atoms with Gasteiger partial charge in [0.15, 0.2) is 0 Å². The predicted octanol–water partition coefficient (Wildman–Crippen LogP) is 3.50. The van der Waals surface area contributed by atoms with Gasteiger partial charge in [-0.15, -0.1) is 0 Å². The highest BCUT2D eigenvalue weighted by molar-refractivity contribution is 5.94. The van der Waals surface area contributed by atoms with Crippen LogP contribution in [0.2, 0.25) is 0 Å². The molecule has 1 aromatic rings. The maximum atomic E-state index is 12.2. The second-order valence-electron chi connectivity index (χ2n) is 6.21. The molecule has 0 bridgehead atoms. The Balaban J connectivity index is 1.96. The van der Waals surface area contributed by atoms with Crippen LogP contribution in [0.4, 0.5) is 5.69 Å². The summed E-state index contributed by atoms with van der Waals surface area (Å²) in [5, 5.41) is 2.88. The molecule has 120 valence electrons. The number of carbonyl (C=O) groups is 2. The Labute approximate surface area is 132 Å². The van der Waals surface area contributed by atoms with Crippen molar-refractivity contribution in [3.63, 3.8) is 0 Å². The van der Waals surface area contributed by atoms with E-state index in [1.54, 1.807) is 11.8 Å². The highest BCUT2D eigenvalue weighted by Gasteiger charge is 2.24. The van der Waals surface area contributed by atoms with E-state index in [2.05, 4.69) is 5.32 Å². The SMILES string of the molecule is CC(=O)N(CC(=O)Nc1ccc(C)cc1)C1CCCCCC1. The molecule has 0 atom stereocenters. The molecule has 22 heavy (non-hydrogen) atoms. The fraction of sp³-hybridized carbons (Fsp3) is 0.556. The molecule has 1 aliphatic carbocycles. The zero-order valence-electron chi connectivity index (χ0n) is 13.6. The van der Waals surface area contributed by atoms with Crippen molar-refractivity contribution in [1.82, 2.24) is 4.90 Å². The Morgan fingerprint density at radius 2 is 1.68 bits per heavy atom. The Morgan fingerprint density at radius 1 is 1.09 bits per heavy atom. The number of nitrogens with one attached hydrogen (secondary N) is 1. The lowest BCUT2D eigenvalue weighted by molar-refractivity contribution is -0.135. The summed E-state index contributed by atoms with van der Waals surface area (Å²) >= 11 is 0. The molecule has 0 spiro atoms. The second kappa shape index (κ2) is 7.97. The highest BCUT2D eigenvalue weighted by atomic mass is 16.2. The predicted molar refractivity (Wildman–Crippen MR) is 88.7 cm³/mol. The lowest BCUT2D eigenvalue weighted by Gasteiger charge is -2.29. The van der Waals surface area contributed by atoms with E-state index in [1.165, 1.54) is 12.8 Å². The maximum absolute atomic E-state index is 12.2. The van der Waals surface area contributed by atoms with Gasteiger partial charge in [-0.05, 0) is 31.9 Å². The fourth-order valence-corrected chi connectivity index (χ4v) is 3.06. The number of aryl methyl sites for hydroxylation is 1. The van der Waals surface area contributed by atoms with Crippen molar-refractivity contribution in [2.24, 2.45) is 0 Å². The Hall–Kier alpha value is -1.84. The van der Waals surface area contributed by atoms with E-state index < -0.39 is 0 Å². The minimum Gasteiger partial charge on any atom is -0.331 e. The largest absolute Gasteiger partial charge is 0.331 e. The first-order valence-corrected chi connectivity index (χ1v) is 8.20. The van der Waals surface area contributed by atoms with E-state index in [0.717, 1.165) is 36.9 Å². The first-order valence-electron chi connectivity index (χ1n) is 8.20. The number of rotatable bonds is 4.